The fraction of sp³-hybridized carbons (Fsp3) is 0.292. The molecule has 0 saturated heterocycles. The molecule has 0 aliphatic carbocycles. The van der Waals surface area contributed by atoms with Crippen molar-refractivity contribution in [1.29, 1.82) is 0 Å². The lowest BCUT2D eigenvalue weighted by Gasteiger charge is -2.19. The Bertz CT molecular complexity index is 1370. The first-order valence-corrected chi connectivity index (χ1v) is 10.9. The van der Waals surface area contributed by atoms with Gasteiger partial charge >= 0.3 is 5.69 Å². The van der Waals surface area contributed by atoms with E-state index in [0.29, 0.717) is 24.5 Å². The van der Waals surface area contributed by atoms with Crippen molar-refractivity contribution in [2.75, 3.05) is 23.3 Å². The van der Waals surface area contributed by atoms with Crippen molar-refractivity contribution in [3.05, 3.63) is 69.5 Å². The van der Waals surface area contributed by atoms with Crippen molar-refractivity contribution >= 4 is 28.9 Å². The average Bonchev–Trinajstić information content (AvgIpc) is 3.12. The SMILES string of the molecule is Cc1cn2c(NCCc3cc(N)nc(N)c3[N+](=O)[O-])nc(-c3ccc(C(C)(C)C)cc3)cc2n1. The summed E-state index contributed by atoms with van der Waals surface area (Å²) < 4.78 is 1.87. The molecule has 3 aromatic heterocycles. The highest BCUT2D eigenvalue weighted by atomic mass is 16.6. The molecule has 1 aromatic carbocycles. The molecule has 0 fully saturated rings. The highest BCUT2D eigenvalue weighted by molar-refractivity contribution is 5.67. The van der Waals surface area contributed by atoms with Crippen molar-refractivity contribution in [2.45, 2.75) is 39.5 Å². The molecule has 10 nitrogen and oxygen atoms in total. The van der Waals surface area contributed by atoms with E-state index in [-0.39, 0.29) is 22.7 Å². The zero-order valence-electron chi connectivity index (χ0n) is 19.7. The van der Waals surface area contributed by atoms with Gasteiger partial charge in [0.2, 0.25) is 11.8 Å². The first kappa shape index (κ1) is 23.0. The first-order valence-electron chi connectivity index (χ1n) is 10.9. The maximum atomic E-state index is 11.5. The number of nitrogens with one attached hydrogen (secondary N) is 1. The summed E-state index contributed by atoms with van der Waals surface area (Å²) in [5.74, 6) is 0.543. The molecule has 0 unspecified atom stereocenters. The number of imidazole rings is 1. The summed E-state index contributed by atoms with van der Waals surface area (Å²) in [7, 11) is 0. The number of aromatic nitrogens is 4. The maximum absolute atomic E-state index is 11.5. The third-order valence-corrected chi connectivity index (χ3v) is 5.60. The van der Waals surface area contributed by atoms with E-state index in [4.69, 9.17) is 16.5 Å². The fourth-order valence-corrected chi connectivity index (χ4v) is 3.87. The van der Waals surface area contributed by atoms with Crippen LogP contribution in [0.1, 0.15) is 37.6 Å². The van der Waals surface area contributed by atoms with Gasteiger partial charge in [-0.25, -0.2) is 15.0 Å². The number of rotatable bonds is 6. The van der Waals surface area contributed by atoms with E-state index < -0.39 is 4.92 Å². The van der Waals surface area contributed by atoms with Gasteiger partial charge in [-0.1, -0.05) is 45.0 Å². The van der Waals surface area contributed by atoms with Gasteiger partial charge in [-0.2, -0.15) is 0 Å². The zero-order chi connectivity index (χ0) is 24.6. The van der Waals surface area contributed by atoms with Crippen LogP contribution in [-0.2, 0) is 11.8 Å². The highest BCUT2D eigenvalue weighted by Crippen LogP contribution is 2.28. The molecule has 0 radical (unpaired) electrons. The normalized spacial score (nSPS) is 11.6. The Morgan fingerprint density at radius 2 is 1.79 bits per heavy atom. The molecular formula is C24H28N8O2. The second kappa shape index (κ2) is 8.62. The Balaban J connectivity index is 1.64. The highest BCUT2D eigenvalue weighted by Gasteiger charge is 2.20. The van der Waals surface area contributed by atoms with Gasteiger partial charge in [-0.15, -0.1) is 0 Å². The quantitative estimate of drug-likeness (QED) is 0.287. The van der Waals surface area contributed by atoms with E-state index in [0.717, 1.165) is 22.6 Å². The van der Waals surface area contributed by atoms with E-state index in [1.165, 1.54) is 11.6 Å². The minimum absolute atomic E-state index is 0.0607. The number of benzene rings is 1. The summed E-state index contributed by atoms with van der Waals surface area (Å²) in [6, 6.07) is 11.8. The first-order chi connectivity index (χ1) is 16.0. The van der Waals surface area contributed by atoms with Gasteiger partial charge in [0.25, 0.3) is 0 Å². The number of nitrogens with two attached hydrogens (primary N) is 2. The van der Waals surface area contributed by atoms with Crippen molar-refractivity contribution in [3.63, 3.8) is 0 Å². The monoisotopic (exact) mass is 460 g/mol. The molecule has 34 heavy (non-hydrogen) atoms. The number of pyridine rings is 1. The van der Waals surface area contributed by atoms with Gasteiger partial charge in [-0.3, -0.25) is 14.5 Å². The predicted molar refractivity (Wildman–Crippen MR) is 134 cm³/mol. The molecular weight excluding hydrogens is 432 g/mol. The number of anilines is 3. The Morgan fingerprint density at radius 1 is 1.09 bits per heavy atom. The molecule has 10 heteroatoms. The largest absolute Gasteiger partial charge is 0.384 e. The minimum atomic E-state index is -0.533. The van der Waals surface area contributed by atoms with Crippen molar-refractivity contribution in [2.24, 2.45) is 0 Å². The summed E-state index contributed by atoms with van der Waals surface area (Å²) in [6.45, 7) is 8.82. The van der Waals surface area contributed by atoms with E-state index >= 15 is 0 Å². The Labute approximate surface area is 197 Å². The van der Waals surface area contributed by atoms with Gasteiger partial charge in [0.15, 0.2) is 0 Å². The number of hydrogen-bond acceptors (Lipinski definition) is 8. The van der Waals surface area contributed by atoms with Crippen molar-refractivity contribution in [3.8, 4) is 11.3 Å². The van der Waals surface area contributed by atoms with Crippen LogP contribution in [0.15, 0.2) is 42.6 Å². The van der Waals surface area contributed by atoms with Crippen LogP contribution in [0.4, 0.5) is 23.3 Å². The van der Waals surface area contributed by atoms with Crippen LogP contribution >= 0.6 is 0 Å². The zero-order valence-corrected chi connectivity index (χ0v) is 19.7. The van der Waals surface area contributed by atoms with Gasteiger partial charge in [0, 0.05) is 29.9 Å². The van der Waals surface area contributed by atoms with Crippen LogP contribution < -0.4 is 16.8 Å². The Kier molecular flexibility index (Phi) is 5.82. The Morgan fingerprint density at radius 3 is 2.44 bits per heavy atom. The molecule has 3 heterocycles. The number of aryl methyl sites for hydroxylation is 1. The maximum Gasteiger partial charge on any atom is 0.314 e. The number of nitrogen functional groups attached to an aromatic ring is 2. The van der Waals surface area contributed by atoms with Crippen LogP contribution in [-0.4, -0.2) is 30.8 Å². The van der Waals surface area contributed by atoms with E-state index in [1.807, 2.05) is 23.6 Å². The predicted octanol–water partition coefficient (Wildman–Crippen LogP) is 4.12. The van der Waals surface area contributed by atoms with E-state index in [9.17, 15) is 10.1 Å². The van der Waals surface area contributed by atoms with Gasteiger partial charge in [0.05, 0.1) is 16.3 Å². The molecule has 4 aromatic rings. The minimum Gasteiger partial charge on any atom is -0.384 e. The standard InChI is InChI=1S/C24H28N8O2/c1-14-13-31-20(28-14)12-18(15-5-7-17(8-6-15)24(2,3)4)29-23(31)27-10-9-16-11-19(25)30-22(26)21(16)32(33)34/h5-8,11-13H,9-10H2,1-4H3,(H,27,29)(H4,25,26,30). The summed E-state index contributed by atoms with van der Waals surface area (Å²) in [5, 5.41) is 14.7. The van der Waals surface area contributed by atoms with Crippen LogP contribution in [0.2, 0.25) is 0 Å². The van der Waals surface area contributed by atoms with Crippen molar-refractivity contribution < 1.29 is 4.92 Å². The molecule has 4 rings (SSSR count). The molecule has 176 valence electrons. The summed E-state index contributed by atoms with van der Waals surface area (Å²) >= 11 is 0. The van der Waals surface area contributed by atoms with Crippen molar-refractivity contribution in [1.82, 2.24) is 19.4 Å². The fourth-order valence-electron chi connectivity index (χ4n) is 3.87. The Hall–Kier alpha value is -4.21. The molecule has 0 amide bonds. The van der Waals surface area contributed by atoms with Crippen LogP contribution in [0, 0.1) is 17.0 Å². The summed E-state index contributed by atoms with van der Waals surface area (Å²) in [5.41, 5.74) is 16.3. The number of hydrogen-bond donors (Lipinski definition) is 3. The number of nitrogens with zero attached hydrogens (tertiary/aromatic N) is 5. The lowest BCUT2D eigenvalue weighted by molar-refractivity contribution is -0.384. The van der Waals surface area contributed by atoms with Crippen LogP contribution in [0.25, 0.3) is 16.9 Å². The van der Waals surface area contributed by atoms with Crippen LogP contribution in [0.3, 0.4) is 0 Å². The molecule has 0 bridgehead atoms. The van der Waals surface area contributed by atoms with Gasteiger partial charge in [-0.05, 0) is 30.4 Å². The van der Waals surface area contributed by atoms with Crippen LogP contribution in [0.5, 0.6) is 0 Å². The molecule has 0 spiro atoms. The second-order valence-electron chi connectivity index (χ2n) is 9.28. The van der Waals surface area contributed by atoms with Gasteiger partial charge < -0.3 is 16.8 Å². The van der Waals surface area contributed by atoms with E-state index in [1.54, 1.807) is 0 Å². The molecule has 5 N–H and O–H groups in total. The van der Waals surface area contributed by atoms with E-state index in [2.05, 4.69) is 60.3 Å². The molecule has 0 atom stereocenters. The smallest absolute Gasteiger partial charge is 0.314 e. The van der Waals surface area contributed by atoms with Gasteiger partial charge in [0.1, 0.15) is 11.5 Å². The number of fused-ring (bicyclic) bond motifs is 1. The summed E-state index contributed by atoms with van der Waals surface area (Å²) in [6.07, 6.45) is 2.20. The molecule has 0 aliphatic heterocycles. The topological polar surface area (TPSA) is 150 Å². The third kappa shape index (κ3) is 4.61. The average molecular weight is 461 g/mol. The summed E-state index contributed by atoms with van der Waals surface area (Å²) in [4.78, 5) is 24.1. The molecule has 0 saturated carbocycles. The lowest BCUT2D eigenvalue weighted by Crippen LogP contribution is -2.13. The lowest BCUT2D eigenvalue weighted by atomic mass is 9.86. The molecule has 0 aliphatic rings. The second-order valence-corrected chi connectivity index (χ2v) is 9.28. The third-order valence-electron chi connectivity index (χ3n) is 5.60. The number of nitro groups is 1.